The van der Waals surface area contributed by atoms with Crippen LogP contribution in [0, 0.1) is 0 Å². The van der Waals surface area contributed by atoms with Gasteiger partial charge in [-0.15, -0.1) is 0 Å². The number of hydrogen-bond acceptors (Lipinski definition) is 5. The van der Waals surface area contributed by atoms with Crippen LogP contribution in [0.25, 0.3) is 0 Å². The quantitative estimate of drug-likeness (QED) is 0.818. The van der Waals surface area contributed by atoms with Crippen molar-refractivity contribution < 1.29 is 27.4 Å². The van der Waals surface area contributed by atoms with E-state index in [9.17, 15) is 18.0 Å². The molecule has 0 bridgehead atoms. The van der Waals surface area contributed by atoms with Crippen molar-refractivity contribution >= 4 is 11.6 Å². The minimum Gasteiger partial charge on any atom is -0.489 e. The van der Waals surface area contributed by atoms with Crippen LogP contribution >= 0.6 is 0 Å². The van der Waals surface area contributed by atoms with E-state index in [2.05, 4.69) is 15.3 Å². The third-order valence-electron chi connectivity index (χ3n) is 2.90. The highest BCUT2D eigenvalue weighted by Crippen LogP contribution is 2.35. The van der Waals surface area contributed by atoms with Crippen LogP contribution in [0.4, 0.5) is 18.9 Å². The average Bonchev–Trinajstić information content (AvgIpc) is 2.56. The molecule has 2 aromatic rings. The van der Waals surface area contributed by atoms with Crippen molar-refractivity contribution in [2.75, 3.05) is 25.6 Å². The summed E-state index contributed by atoms with van der Waals surface area (Å²) in [5, 5.41) is 2.36. The van der Waals surface area contributed by atoms with Crippen molar-refractivity contribution in [2.45, 2.75) is 6.18 Å². The number of benzene rings is 1. The van der Waals surface area contributed by atoms with Crippen LogP contribution in [0.15, 0.2) is 36.8 Å². The predicted molar refractivity (Wildman–Crippen MR) is 78.8 cm³/mol. The molecule has 0 aliphatic rings. The number of carbonyl (C=O) groups is 1. The van der Waals surface area contributed by atoms with Crippen molar-refractivity contribution in [3.8, 4) is 5.75 Å². The summed E-state index contributed by atoms with van der Waals surface area (Å²) in [6.07, 6.45) is -0.664. The van der Waals surface area contributed by atoms with Gasteiger partial charge < -0.3 is 14.8 Å². The Morgan fingerprint density at radius 3 is 2.67 bits per heavy atom. The molecule has 9 heteroatoms. The fraction of sp³-hybridized carbons (Fsp3) is 0.267. The SMILES string of the molecule is COCCOc1ccc(C(F)(F)F)cc1NC(=O)c1cnccn1. The summed E-state index contributed by atoms with van der Waals surface area (Å²) in [6, 6.07) is 2.82. The van der Waals surface area contributed by atoms with Crippen LogP contribution in [0.3, 0.4) is 0 Å². The Kier molecular flexibility index (Phi) is 5.69. The topological polar surface area (TPSA) is 73.3 Å². The summed E-state index contributed by atoms with van der Waals surface area (Å²) >= 11 is 0. The molecule has 0 saturated carbocycles. The Morgan fingerprint density at radius 2 is 2.04 bits per heavy atom. The lowest BCUT2D eigenvalue weighted by Gasteiger charge is -2.15. The van der Waals surface area contributed by atoms with E-state index in [-0.39, 0.29) is 30.3 Å². The second-order valence-electron chi connectivity index (χ2n) is 4.59. The molecule has 6 nitrogen and oxygen atoms in total. The lowest BCUT2D eigenvalue weighted by Crippen LogP contribution is -2.16. The van der Waals surface area contributed by atoms with Gasteiger partial charge in [-0.1, -0.05) is 0 Å². The first kappa shape index (κ1) is 17.7. The Labute approximate surface area is 135 Å². The maximum atomic E-state index is 12.9. The molecule has 0 radical (unpaired) electrons. The second kappa shape index (κ2) is 7.73. The van der Waals surface area contributed by atoms with E-state index in [1.54, 1.807) is 0 Å². The van der Waals surface area contributed by atoms with Crippen LogP contribution in [0.5, 0.6) is 5.75 Å². The molecule has 0 fully saturated rings. The molecule has 0 aliphatic carbocycles. The van der Waals surface area contributed by atoms with Gasteiger partial charge in [0.05, 0.1) is 24.1 Å². The highest BCUT2D eigenvalue weighted by atomic mass is 19.4. The van der Waals surface area contributed by atoms with Crippen molar-refractivity contribution in [2.24, 2.45) is 0 Å². The first-order valence-corrected chi connectivity index (χ1v) is 6.82. The van der Waals surface area contributed by atoms with Crippen LogP contribution in [0.1, 0.15) is 16.1 Å². The molecule has 24 heavy (non-hydrogen) atoms. The Morgan fingerprint density at radius 1 is 1.25 bits per heavy atom. The molecule has 1 aromatic carbocycles. The minimum absolute atomic E-state index is 0.0299. The maximum Gasteiger partial charge on any atom is 0.416 e. The number of nitrogens with one attached hydrogen (secondary N) is 1. The van der Waals surface area contributed by atoms with Crippen LogP contribution < -0.4 is 10.1 Å². The van der Waals surface area contributed by atoms with E-state index in [1.807, 2.05) is 0 Å². The third-order valence-corrected chi connectivity index (χ3v) is 2.90. The largest absolute Gasteiger partial charge is 0.489 e. The van der Waals surface area contributed by atoms with Crippen LogP contribution in [0.2, 0.25) is 0 Å². The van der Waals surface area contributed by atoms with Crippen LogP contribution in [-0.4, -0.2) is 36.2 Å². The van der Waals surface area contributed by atoms with E-state index in [0.29, 0.717) is 0 Å². The molecule has 1 N–H and O–H groups in total. The summed E-state index contributed by atoms with van der Waals surface area (Å²) in [6.45, 7) is 0.369. The number of alkyl halides is 3. The summed E-state index contributed by atoms with van der Waals surface area (Å²) in [4.78, 5) is 19.6. The Bertz CT molecular complexity index is 693. The molecule has 0 aliphatic heterocycles. The van der Waals surface area contributed by atoms with Gasteiger partial charge in [-0.2, -0.15) is 13.2 Å². The molecule has 1 heterocycles. The van der Waals surface area contributed by atoms with Crippen molar-refractivity contribution in [1.82, 2.24) is 9.97 Å². The molecule has 0 atom stereocenters. The van der Waals surface area contributed by atoms with Crippen molar-refractivity contribution in [3.05, 3.63) is 48.0 Å². The first-order chi connectivity index (χ1) is 11.4. The third kappa shape index (κ3) is 4.66. The molecule has 0 unspecified atom stereocenters. The molecular formula is C15H14F3N3O3. The van der Waals surface area contributed by atoms with Gasteiger partial charge in [0.15, 0.2) is 0 Å². The molecule has 1 amide bonds. The van der Waals surface area contributed by atoms with E-state index in [1.165, 1.54) is 25.7 Å². The second-order valence-corrected chi connectivity index (χ2v) is 4.59. The van der Waals surface area contributed by atoms with Gasteiger partial charge >= 0.3 is 6.18 Å². The fourth-order valence-electron chi connectivity index (χ4n) is 1.77. The average molecular weight is 341 g/mol. The highest BCUT2D eigenvalue weighted by molar-refractivity contribution is 6.03. The molecular weight excluding hydrogens is 327 g/mol. The first-order valence-electron chi connectivity index (χ1n) is 6.82. The number of anilines is 1. The Hall–Kier alpha value is -2.68. The lowest BCUT2D eigenvalue weighted by atomic mass is 10.1. The van der Waals surface area contributed by atoms with E-state index >= 15 is 0 Å². The minimum atomic E-state index is -4.54. The molecule has 0 saturated heterocycles. The maximum absolute atomic E-state index is 12.9. The monoisotopic (exact) mass is 341 g/mol. The van der Waals surface area contributed by atoms with Gasteiger partial charge in [0, 0.05) is 19.5 Å². The zero-order valence-corrected chi connectivity index (χ0v) is 12.6. The van der Waals surface area contributed by atoms with Gasteiger partial charge in [0.2, 0.25) is 0 Å². The van der Waals surface area contributed by atoms with E-state index in [0.717, 1.165) is 18.2 Å². The van der Waals surface area contributed by atoms with Gasteiger partial charge in [0.25, 0.3) is 5.91 Å². The number of carbonyl (C=O) groups excluding carboxylic acids is 1. The number of nitrogens with zero attached hydrogens (tertiary/aromatic N) is 2. The smallest absolute Gasteiger partial charge is 0.416 e. The lowest BCUT2D eigenvalue weighted by molar-refractivity contribution is -0.137. The summed E-state index contributed by atoms with van der Waals surface area (Å²) in [7, 11) is 1.47. The molecule has 2 rings (SSSR count). The number of methoxy groups -OCH3 is 1. The van der Waals surface area contributed by atoms with Crippen LogP contribution in [-0.2, 0) is 10.9 Å². The van der Waals surface area contributed by atoms with Gasteiger partial charge in [-0.05, 0) is 18.2 Å². The number of halogens is 3. The summed E-state index contributed by atoms with van der Waals surface area (Å²) < 4.78 is 48.8. The molecule has 0 spiro atoms. The summed E-state index contributed by atoms with van der Waals surface area (Å²) in [5.74, 6) is -0.601. The van der Waals surface area contributed by atoms with Gasteiger partial charge in [0.1, 0.15) is 18.1 Å². The predicted octanol–water partition coefficient (Wildman–Crippen LogP) is 2.77. The molecule has 1 aromatic heterocycles. The van der Waals surface area contributed by atoms with E-state index in [4.69, 9.17) is 9.47 Å². The fourth-order valence-corrected chi connectivity index (χ4v) is 1.77. The normalized spacial score (nSPS) is 11.2. The number of amides is 1. The number of aromatic nitrogens is 2. The van der Waals surface area contributed by atoms with E-state index < -0.39 is 17.6 Å². The standard InChI is InChI=1S/C15H14F3N3O3/c1-23-6-7-24-13-3-2-10(15(16,17)18)8-11(13)21-14(22)12-9-19-4-5-20-12/h2-5,8-9H,6-7H2,1H3,(H,21,22). The van der Waals surface area contributed by atoms with Gasteiger partial charge in [-0.3, -0.25) is 9.78 Å². The summed E-state index contributed by atoms with van der Waals surface area (Å²) in [5.41, 5.74) is -1.05. The Balaban J connectivity index is 2.27. The zero-order chi connectivity index (χ0) is 17.6. The zero-order valence-electron chi connectivity index (χ0n) is 12.6. The molecule has 128 valence electrons. The number of ether oxygens (including phenoxy) is 2. The number of hydrogen-bond donors (Lipinski definition) is 1. The highest BCUT2D eigenvalue weighted by Gasteiger charge is 2.31. The van der Waals surface area contributed by atoms with Crippen molar-refractivity contribution in [3.63, 3.8) is 0 Å². The van der Waals surface area contributed by atoms with Gasteiger partial charge in [-0.25, -0.2) is 4.98 Å². The number of rotatable bonds is 6. The van der Waals surface area contributed by atoms with Crippen molar-refractivity contribution in [1.29, 1.82) is 0 Å².